The van der Waals surface area contributed by atoms with Gasteiger partial charge >= 0.3 is 0 Å². The zero-order valence-corrected chi connectivity index (χ0v) is 16.2. The Morgan fingerprint density at radius 1 is 1.11 bits per heavy atom. The smallest absolute Gasteiger partial charge is 0.238 e. The fraction of sp³-hybridized carbons (Fsp3) is 0.409. The van der Waals surface area contributed by atoms with Gasteiger partial charge < -0.3 is 5.32 Å². The molecule has 3 rings (SSSR count). The lowest BCUT2D eigenvalue weighted by Crippen LogP contribution is -2.30. The van der Waals surface area contributed by atoms with Crippen LogP contribution in [0.5, 0.6) is 0 Å². The lowest BCUT2D eigenvalue weighted by Gasteiger charge is -2.21. The van der Waals surface area contributed by atoms with Crippen LogP contribution in [-0.2, 0) is 17.9 Å². The number of nitrogens with one attached hydrogen (secondary N) is 1. The van der Waals surface area contributed by atoms with Gasteiger partial charge in [-0.05, 0) is 63.2 Å². The van der Waals surface area contributed by atoms with Crippen molar-refractivity contribution in [2.24, 2.45) is 0 Å². The normalized spacial score (nSPS) is 14.7. The van der Waals surface area contributed by atoms with Crippen LogP contribution in [0.25, 0.3) is 0 Å². The molecule has 1 N–H and O–H groups in total. The summed E-state index contributed by atoms with van der Waals surface area (Å²) in [6, 6.07) is 13.2. The minimum Gasteiger partial charge on any atom is -0.325 e. The third-order valence-corrected chi connectivity index (χ3v) is 5.11. The Bertz CT molecular complexity index is 787. The first-order chi connectivity index (χ1) is 13.0. The Morgan fingerprint density at radius 3 is 2.56 bits per heavy atom. The van der Waals surface area contributed by atoms with Gasteiger partial charge in [-0.3, -0.25) is 14.6 Å². The van der Waals surface area contributed by atoms with E-state index in [2.05, 4.69) is 28.4 Å². The van der Waals surface area contributed by atoms with E-state index in [1.54, 1.807) is 19.1 Å². The van der Waals surface area contributed by atoms with E-state index in [1.807, 2.05) is 18.0 Å². The molecular formula is C22H28FN3O. The lowest BCUT2D eigenvalue weighted by molar-refractivity contribution is -0.117. The average Bonchev–Trinajstić information content (AvgIpc) is 3.13. The van der Waals surface area contributed by atoms with Crippen molar-refractivity contribution in [2.45, 2.75) is 32.9 Å². The van der Waals surface area contributed by atoms with E-state index in [4.69, 9.17) is 0 Å². The fourth-order valence-electron chi connectivity index (χ4n) is 3.57. The molecule has 144 valence electrons. The molecule has 27 heavy (non-hydrogen) atoms. The van der Waals surface area contributed by atoms with Gasteiger partial charge in [0.2, 0.25) is 5.91 Å². The van der Waals surface area contributed by atoms with E-state index < -0.39 is 0 Å². The summed E-state index contributed by atoms with van der Waals surface area (Å²) < 4.78 is 13.6. The number of amides is 1. The van der Waals surface area contributed by atoms with Gasteiger partial charge in [-0.25, -0.2) is 4.39 Å². The third-order valence-electron chi connectivity index (χ3n) is 5.11. The highest BCUT2D eigenvalue weighted by molar-refractivity contribution is 5.92. The van der Waals surface area contributed by atoms with Crippen LogP contribution in [-0.4, -0.2) is 42.4 Å². The minimum absolute atomic E-state index is 0.136. The number of carbonyl (C=O) groups excluding carboxylic acids is 1. The van der Waals surface area contributed by atoms with Gasteiger partial charge in [0.25, 0.3) is 0 Å². The molecule has 0 atom stereocenters. The quantitative estimate of drug-likeness (QED) is 0.806. The number of likely N-dealkylation sites (tertiary alicyclic amines) is 1. The van der Waals surface area contributed by atoms with E-state index in [0.717, 1.165) is 6.54 Å². The molecule has 4 nitrogen and oxygen atoms in total. The molecule has 1 aliphatic rings. The van der Waals surface area contributed by atoms with Crippen molar-refractivity contribution in [1.82, 2.24) is 9.80 Å². The summed E-state index contributed by atoms with van der Waals surface area (Å²) >= 11 is 0. The van der Waals surface area contributed by atoms with Crippen molar-refractivity contribution in [3.63, 3.8) is 0 Å². The van der Waals surface area contributed by atoms with Crippen LogP contribution >= 0.6 is 0 Å². The topological polar surface area (TPSA) is 35.6 Å². The first-order valence-corrected chi connectivity index (χ1v) is 9.55. The number of likely N-dealkylation sites (N-methyl/N-ethyl adjacent to an activating group) is 1. The lowest BCUT2D eigenvalue weighted by atomic mass is 10.1. The Balaban J connectivity index is 1.58. The number of hydrogen-bond acceptors (Lipinski definition) is 3. The second kappa shape index (κ2) is 9.11. The highest BCUT2D eigenvalue weighted by Crippen LogP contribution is 2.19. The first-order valence-electron chi connectivity index (χ1n) is 9.55. The van der Waals surface area contributed by atoms with Crippen LogP contribution in [0.15, 0.2) is 42.5 Å². The van der Waals surface area contributed by atoms with Crippen LogP contribution in [0, 0.1) is 12.7 Å². The van der Waals surface area contributed by atoms with Crippen LogP contribution in [0.3, 0.4) is 0 Å². The summed E-state index contributed by atoms with van der Waals surface area (Å²) in [5, 5.41) is 2.81. The Hall–Kier alpha value is -2.24. The summed E-state index contributed by atoms with van der Waals surface area (Å²) in [7, 11) is 1.94. The molecule has 5 heteroatoms. The van der Waals surface area contributed by atoms with E-state index in [0.29, 0.717) is 17.8 Å². The number of hydrogen-bond donors (Lipinski definition) is 1. The summed E-state index contributed by atoms with van der Waals surface area (Å²) in [5.74, 6) is -0.444. The predicted octanol–water partition coefficient (Wildman–Crippen LogP) is 3.80. The second-order valence-electron chi connectivity index (χ2n) is 7.38. The molecule has 1 amide bonds. The molecular weight excluding hydrogens is 341 g/mol. The highest BCUT2D eigenvalue weighted by atomic mass is 19.1. The van der Waals surface area contributed by atoms with Crippen LogP contribution < -0.4 is 5.32 Å². The van der Waals surface area contributed by atoms with Crippen molar-refractivity contribution in [2.75, 3.05) is 32.0 Å². The van der Waals surface area contributed by atoms with Crippen molar-refractivity contribution in [3.8, 4) is 0 Å². The Morgan fingerprint density at radius 2 is 1.81 bits per heavy atom. The molecule has 0 radical (unpaired) electrons. The summed E-state index contributed by atoms with van der Waals surface area (Å²) in [4.78, 5) is 16.8. The zero-order valence-electron chi connectivity index (χ0n) is 16.2. The molecule has 0 spiro atoms. The number of anilines is 1. The van der Waals surface area contributed by atoms with Crippen molar-refractivity contribution < 1.29 is 9.18 Å². The molecule has 0 unspecified atom stereocenters. The Labute approximate surface area is 161 Å². The Kier molecular flexibility index (Phi) is 6.58. The molecule has 2 aromatic carbocycles. The van der Waals surface area contributed by atoms with Gasteiger partial charge in [-0.15, -0.1) is 0 Å². The summed E-state index contributed by atoms with van der Waals surface area (Å²) in [6.07, 6.45) is 2.56. The molecule has 0 bridgehead atoms. The standard InChI is InChI=1S/C22H28FN3O/c1-17-20(23)10-7-11-21(17)24-22(27)16-25(2)14-18-8-3-4-9-19(18)15-26-12-5-6-13-26/h3-4,7-11H,5-6,12-16H2,1-2H3,(H,24,27). The number of benzene rings is 2. The number of carbonyl (C=O) groups is 1. The van der Waals surface area contributed by atoms with Crippen LogP contribution in [0.2, 0.25) is 0 Å². The van der Waals surface area contributed by atoms with E-state index in [-0.39, 0.29) is 18.3 Å². The maximum Gasteiger partial charge on any atom is 0.238 e. The third kappa shape index (κ3) is 5.37. The minimum atomic E-state index is -0.308. The van der Waals surface area contributed by atoms with Crippen LogP contribution in [0.1, 0.15) is 29.5 Å². The average molecular weight is 369 g/mol. The predicted molar refractivity (Wildman–Crippen MR) is 107 cm³/mol. The molecule has 1 fully saturated rings. The van der Waals surface area contributed by atoms with E-state index in [1.165, 1.54) is 43.1 Å². The van der Waals surface area contributed by atoms with Gasteiger partial charge in [0, 0.05) is 24.3 Å². The largest absolute Gasteiger partial charge is 0.325 e. The monoisotopic (exact) mass is 369 g/mol. The number of halogens is 1. The molecule has 0 saturated carbocycles. The summed E-state index contributed by atoms with van der Waals surface area (Å²) in [6.45, 7) is 5.94. The van der Waals surface area contributed by atoms with Gasteiger partial charge in [0.1, 0.15) is 5.82 Å². The fourth-order valence-corrected chi connectivity index (χ4v) is 3.57. The van der Waals surface area contributed by atoms with Gasteiger partial charge in [0.15, 0.2) is 0 Å². The molecule has 0 aliphatic carbocycles. The van der Waals surface area contributed by atoms with E-state index in [9.17, 15) is 9.18 Å². The molecule has 1 saturated heterocycles. The van der Waals surface area contributed by atoms with Gasteiger partial charge in [0.05, 0.1) is 6.54 Å². The van der Waals surface area contributed by atoms with Gasteiger partial charge in [-0.1, -0.05) is 30.3 Å². The van der Waals surface area contributed by atoms with Crippen molar-refractivity contribution in [3.05, 3.63) is 65.0 Å². The first kappa shape index (κ1) is 19.5. The maximum atomic E-state index is 13.6. The second-order valence-corrected chi connectivity index (χ2v) is 7.38. The highest BCUT2D eigenvalue weighted by Gasteiger charge is 2.15. The molecule has 2 aromatic rings. The molecule has 0 aromatic heterocycles. The number of nitrogens with zero attached hydrogens (tertiary/aromatic N) is 2. The SMILES string of the molecule is Cc1c(F)cccc1NC(=O)CN(C)Cc1ccccc1CN1CCCC1. The molecule has 1 aliphatic heterocycles. The maximum absolute atomic E-state index is 13.6. The van der Waals surface area contributed by atoms with Gasteiger partial charge in [-0.2, -0.15) is 0 Å². The zero-order chi connectivity index (χ0) is 19.2. The molecule has 1 heterocycles. The van der Waals surface area contributed by atoms with Crippen LogP contribution in [0.4, 0.5) is 10.1 Å². The van der Waals surface area contributed by atoms with Crippen molar-refractivity contribution >= 4 is 11.6 Å². The number of rotatable bonds is 7. The summed E-state index contributed by atoms with van der Waals surface area (Å²) in [5.41, 5.74) is 3.57. The van der Waals surface area contributed by atoms with E-state index >= 15 is 0 Å². The van der Waals surface area contributed by atoms with Crippen molar-refractivity contribution in [1.29, 1.82) is 0 Å².